The fourth-order valence-corrected chi connectivity index (χ4v) is 0.730. The van der Waals surface area contributed by atoms with Crippen LogP contribution in [0.15, 0.2) is 0 Å². The molecule has 0 rings (SSSR count). The summed E-state index contributed by atoms with van der Waals surface area (Å²) in [6.07, 6.45) is 2.59. The van der Waals surface area contributed by atoms with E-state index in [9.17, 15) is 0 Å². The summed E-state index contributed by atoms with van der Waals surface area (Å²) in [5.74, 6) is 0. The van der Waals surface area contributed by atoms with Crippen LogP contribution >= 0.6 is 0 Å². The van der Waals surface area contributed by atoms with Gasteiger partial charge in [-0.25, -0.2) is 0 Å². The third kappa shape index (κ3) is 17.8. The third-order valence-electron chi connectivity index (χ3n) is 1.28. The Labute approximate surface area is 72.0 Å². The topological polar surface area (TPSA) is 15.3 Å². The molecule has 0 saturated carbocycles. The summed E-state index contributed by atoms with van der Waals surface area (Å²) < 4.78 is 0. The molecule has 0 aliphatic carbocycles. The second-order valence-corrected chi connectivity index (χ2v) is 2.61. The lowest BCUT2D eigenvalue weighted by Gasteiger charge is -2.07. The second-order valence-electron chi connectivity index (χ2n) is 2.61. The van der Waals surface area contributed by atoms with E-state index in [4.69, 9.17) is 0 Å². The Morgan fingerprint density at radius 2 is 1.64 bits per heavy atom. The van der Waals surface area contributed by atoms with Crippen LogP contribution in [-0.4, -0.2) is 39.1 Å². The van der Waals surface area contributed by atoms with Gasteiger partial charge in [-0.05, 0) is 47.1 Å². The van der Waals surface area contributed by atoms with Crippen molar-refractivity contribution in [2.75, 3.05) is 34.2 Å². The molecule has 0 fully saturated rings. The Morgan fingerprint density at radius 3 is 2.00 bits per heavy atom. The Kier molecular flexibility index (Phi) is 15.4. The van der Waals surface area contributed by atoms with E-state index < -0.39 is 0 Å². The van der Waals surface area contributed by atoms with Crippen LogP contribution in [0.25, 0.3) is 0 Å². The minimum Gasteiger partial charge on any atom is -0.320 e. The van der Waals surface area contributed by atoms with Crippen LogP contribution in [0.2, 0.25) is 0 Å². The highest BCUT2D eigenvalue weighted by atomic mass is 15.0. The molecule has 0 heterocycles. The van der Waals surface area contributed by atoms with Gasteiger partial charge in [0.15, 0.2) is 0 Å². The normalized spacial score (nSPS) is 9.27. The standard InChI is InChI=1S/C7H18N2.C2H6/c1-8-6-4-5-7-9(2)3;1-2/h8H,4-7H2,1-3H3;1-2H3. The van der Waals surface area contributed by atoms with Gasteiger partial charge in [0.1, 0.15) is 0 Å². The average molecular weight is 160 g/mol. The van der Waals surface area contributed by atoms with Gasteiger partial charge in [0.2, 0.25) is 0 Å². The first-order valence-corrected chi connectivity index (χ1v) is 4.56. The number of unbranched alkanes of at least 4 members (excludes halogenated alkanes) is 1. The SMILES string of the molecule is CC.CNCCCCN(C)C. The van der Waals surface area contributed by atoms with Gasteiger partial charge in [0.25, 0.3) is 0 Å². The van der Waals surface area contributed by atoms with Crippen molar-refractivity contribution in [3.63, 3.8) is 0 Å². The molecule has 0 atom stereocenters. The van der Waals surface area contributed by atoms with Gasteiger partial charge in [-0.3, -0.25) is 0 Å². The van der Waals surface area contributed by atoms with E-state index in [-0.39, 0.29) is 0 Å². The van der Waals surface area contributed by atoms with Crippen LogP contribution in [0.1, 0.15) is 26.7 Å². The summed E-state index contributed by atoms with van der Waals surface area (Å²) in [5, 5.41) is 3.12. The van der Waals surface area contributed by atoms with Crippen LogP contribution in [0.5, 0.6) is 0 Å². The first-order valence-electron chi connectivity index (χ1n) is 4.56. The zero-order chi connectivity index (χ0) is 9.11. The summed E-state index contributed by atoms with van der Waals surface area (Å²) >= 11 is 0. The van der Waals surface area contributed by atoms with Crippen LogP contribution in [0.3, 0.4) is 0 Å². The number of hydrogen-bond donors (Lipinski definition) is 1. The fraction of sp³-hybridized carbons (Fsp3) is 1.00. The van der Waals surface area contributed by atoms with E-state index in [2.05, 4.69) is 24.3 Å². The second kappa shape index (κ2) is 12.6. The summed E-state index contributed by atoms with van der Waals surface area (Å²) in [7, 11) is 6.22. The van der Waals surface area contributed by atoms with Gasteiger partial charge < -0.3 is 10.2 Å². The van der Waals surface area contributed by atoms with Gasteiger partial charge in [0.05, 0.1) is 0 Å². The Bertz CT molecular complexity index is 53.5. The highest BCUT2D eigenvalue weighted by Gasteiger charge is 1.88. The van der Waals surface area contributed by atoms with Crippen molar-refractivity contribution in [1.82, 2.24) is 10.2 Å². The summed E-state index contributed by atoms with van der Waals surface area (Å²) in [6, 6.07) is 0. The average Bonchev–Trinajstić information content (AvgIpc) is 2.02. The molecule has 0 saturated heterocycles. The molecule has 2 heteroatoms. The van der Waals surface area contributed by atoms with Crippen molar-refractivity contribution in [1.29, 1.82) is 0 Å². The van der Waals surface area contributed by atoms with Crippen LogP contribution < -0.4 is 5.32 Å². The van der Waals surface area contributed by atoms with E-state index in [0.29, 0.717) is 0 Å². The van der Waals surface area contributed by atoms with Crippen LogP contribution in [0, 0.1) is 0 Å². The highest BCUT2D eigenvalue weighted by molar-refractivity contribution is 4.46. The molecule has 1 N–H and O–H groups in total. The summed E-state index contributed by atoms with van der Waals surface area (Å²) in [4.78, 5) is 2.22. The number of rotatable bonds is 5. The lowest BCUT2D eigenvalue weighted by atomic mass is 10.3. The van der Waals surface area contributed by atoms with E-state index in [0.717, 1.165) is 6.54 Å². The molecule has 0 aliphatic rings. The van der Waals surface area contributed by atoms with Gasteiger partial charge in [-0.1, -0.05) is 13.8 Å². The van der Waals surface area contributed by atoms with Crippen molar-refractivity contribution >= 4 is 0 Å². The van der Waals surface area contributed by atoms with Crippen molar-refractivity contribution in [3.05, 3.63) is 0 Å². The molecular weight excluding hydrogens is 136 g/mol. The number of hydrogen-bond acceptors (Lipinski definition) is 2. The predicted molar refractivity (Wildman–Crippen MR) is 53.1 cm³/mol. The monoisotopic (exact) mass is 160 g/mol. The smallest absolute Gasteiger partial charge is 0.00244 e. The zero-order valence-electron chi connectivity index (χ0n) is 8.78. The van der Waals surface area contributed by atoms with E-state index in [1.165, 1.54) is 19.4 Å². The maximum atomic E-state index is 3.12. The predicted octanol–water partition coefficient (Wildman–Crippen LogP) is 1.57. The molecular formula is C9H24N2. The Morgan fingerprint density at radius 1 is 1.09 bits per heavy atom. The Hall–Kier alpha value is -0.0800. The van der Waals surface area contributed by atoms with Gasteiger partial charge in [0, 0.05) is 0 Å². The van der Waals surface area contributed by atoms with Gasteiger partial charge in [-0.2, -0.15) is 0 Å². The lowest BCUT2D eigenvalue weighted by Crippen LogP contribution is -2.15. The quantitative estimate of drug-likeness (QED) is 0.614. The molecule has 0 aromatic rings. The first kappa shape index (κ1) is 13.5. The molecule has 70 valence electrons. The minimum atomic E-state index is 1.15. The molecule has 0 unspecified atom stereocenters. The van der Waals surface area contributed by atoms with Crippen molar-refractivity contribution < 1.29 is 0 Å². The Balaban J connectivity index is 0. The fourth-order valence-electron chi connectivity index (χ4n) is 0.730. The van der Waals surface area contributed by atoms with Crippen molar-refractivity contribution in [2.24, 2.45) is 0 Å². The summed E-state index contributed by atoms with van der Waals surface area (Å²) in [6.45, 7) is 6.36. The maximum absolute atomic E-state index is 3.12. The largest absolute Gasteiger partial charge is 0.320 e. The van der Waals surface area contributed by atoms with Crippen LogP contribution in [-0.2, 0) is 0 Å². The molecule has 11 heavy (non-hydrogen) atoms. The van der Waals surface area contributed by atoms with Crippen molar-refractivity contribution in [2.45, 2.75) is 26.7 Å². The molecule has 0 radical (unpaired) electrons. The third-order valence-corrected chi connectivity index (χ3v) is 1.28. The zero-order valence-corrected chi connectivity index (χ0v) is 8.78. The molecule has 0 aliphatic heterocycles. The van der Waals surface area contributed by atoms with Crippen LogP contribution in [0.4, 0.5) is 0 Å². The molecule has 2 nitrogen and oxygen atoms in total. The lowest BCUT2D eigenvalue weighted by molar-refractivity contribution is 0.393. The molecule has 0 bridgehead atoms. The van der Waals surface area contributed by atoms with E-state index in [1.807, 2.05) is 20.9 Å². The van der Waals surface area contributed by atoms with Crippen molar-refractivity contribution in [3.8, 4) is 0 Å². The van der Waals surface area contributed by atoms with E-state index >= 15 is 0 Å². The first-order chi connectivity index (χ1) is 5.27. The highest BCUT2D eigenvalue weighted by Crippen LogP contribution is 1.87. The molecule has 0 amide bonds. The number of nitrogens with zero attached hydrogens (tertiary/aromatic N) is 1. The number of nitrogens with one attached hydrogen (secondary N) is 1. The van der Waals surface area contributed by atoms with Gasteiger partial charge >= 0.3 is 0 Å². The molecule has 0 aromatic carbocycles. The molecule has 0 aromatic heterocycles. The minimum absolute atomic E-state index is 1.15. The van der Waals surface area contributed by atoms with Gasteiger partial charge in [-0.15, -0.1) is 0 Å². The van der Waals surface area contributed by atoms with E-state index in [1.54, 1.807) is 0 Å². The summed E-state index contributed by atoms with van der Waals surface area (Å²) in [5.41, 5.74) is 0. The molecule has 0 spiro atoms. The maximum Gasteiger partial charge on any atom is -0.00244 e.